The van der Waals surface area contributed by atoms with E-state index in [0.717, 1.165) is 6.42 Å². The Morgan fingerprint density at radius 3 is 1.89 bits per heavy atom. The predicted molar refractivity (Wildman–Crippen MR) is 82.5 cm³/mol. The molecule has 0 aromatic carbocycles. The van der Waals surface area contributed by atoms with Crippen LogP contribution in [0.5, 0.6) is 0 Å². The minimum atomic E-state index is -1.85. The predicted octanol–water partition coefficient (Wildman–Crippen LogP) is 4.02. The van der Waals surface area contributed by atoms with Crippen molar-refractivity contribution in [1.82, 2.24) is 0 Å². The Balaban J connectivity index is 4.76. The van der Waals surface area contributed by atoms with Crippen molar-refractivity contribution in [3.8, 4) is 0 Å². The van der Waals surface area contributed by atoms with Crippen molar-refractivity contribution < 1.29 is 14.0 Å². The maximum Gasteiger partial charge on any atom is 0.309 e. The monoisotopic (exact) mass is 288 g/mol. The summed E-state index contributed by atoms with van der Waals surface area (Å²) in [6.45, 7) is 16.9. The minimum Gasteiger partial charge on any atom is -0.466 e. The van der Waals surface area contributed by atoms with Crippen LogP contribution >= 0.6 is 0 Å². The van der Waals surface area contributed by atoms with E-state index in [-0.39, 0.29) is 22.7 Å². The molecule has 0 N–H and O–H groups in total. The van der Waals surface area contributed by atoms with Gasteiger partial charge in [0.05, 0.1) is 5.92 Å². The Labute approximate surface area is 120 Å². The van der Waals surface area contributed by atoms with Gasteiger partial charge in [0, 0.05) is 7.11 Å². The summed E-state index contributed by atoms with van der Waals surface area (Å²) in [5.41, 5.74) is 0.0360. The van der Waals surface area contributed by atoms with Crippen LogP contribution in [0.3, 0.4) is 0 Å². The van der Waals surface area contributed by atoms with E-state index in [1.807, 2.05) is 0 Å². The largest absolute Gasteiger partial charge is 0.466 e. The van der Waals surface area contributed by atoms with Crippen molar-refractivity contribution in [1.29, 1.82) is 0 Å². The molecule has 0 aromatic heterocycles. The molecule has 0 bridgehead atoms. The third kappa shape index (κ3) is 7.73. The lowest BCUT2D eigenvalue weighted by Crippen LogP contribution is -2.40. The highest BCUT2D eigenvalue weighted by Crippen LogP contribution is 2.36. The van der Waals surface area contributed by atoms with Gasteiger partial charge in [-0.2, -0.15) is 0 Å². The van der Waals surface area contributed by atoms with Gasteiger partial charge in [0.1, 0.15) is 6.23 Å². The summed E-state index contributed by atoms with van der Waals surface area (Å²) in [7, 11) is -0.156. The number of ether oxygens (including phenoxy) is 1. The SMILES string of the molecule is CO[Si](C)(C)COC(=O)C(CC(C)(C)C)C(C)(C)C. The average molecular weight is 289 g/mol. The summed E-state index contributed by atoms with van der Waals surface area (Å²) in [5, 5.41) is 0. The Bertz CT molecular complexity index is 297. The summed E-state index contributed by atoms with van der Waals surface area (Å²) in [4.78, 5) is 12.4. The molecular weight excluding hydrogens is 256 g/mol. The summed E-state index contributed by atoms with van der Waals surface area (Å²) in [6.07, 6.45) is 1.27. The zero-order valence-electron chi connectivity index (χ0n) is 14.2. The fraction of sp³-hybridized carbons (Fsp3) is 0.933. The number of carbonyl (C=O) groups is 1. The van der Waals surface area contributed by atoms with Crippen LogP contribution in [-0.4, -0.2) is 27.6 Å². The number of hydrogen-bond donors (Lipinski definition) is 0. The molecule has 0 aliphatic carbocycles. The van der Waals surface area contributed by atoms with Gasteiger partial charge in [0.25, 0.3) is 0 Å². The van der Waals surface area contributed by atoms with Crippen molar-refractivity contribution in [3.05, 3.63) is 0 Å². The molecular formula is C15H32O3Si. The molecule has 114 valence electrons. The summed E-state index contributed by atoms with van der Waals surface area (Å²) in [5.74, 6) is -0.158. The lowest BCUT2D eigenvalue weighted by Gasteiger charge is -2.34. The first-order chi connectivity index (χ1) is 8.28. The summed E-state index contributed by atoms with van der Waals surface area (Å²) >= 11 is 0. The van der Waals surface area contributed by atoms with Crippen LogP contribution in [0.25, 0.3) is 0 Å². The maximum absolute atomic E-state index is 12.4. The van der Waals surface area contributed by atoms with E-state index in [2.05, 4.69) is 54.6 Å². The van der Waals surface area contributed by atoms with Gasteiger partial charge >= 0.3 is 5.97 Å². The molecule has 0 fully saturated rings. The first-order valence-corrected chi connectivity index (χ1v) is 10.1. The molecule has 0 spiro atoms. The molecule has 4 heteroatoms. The Kier molecular flexibility index (Phi) is 6.28. The van der Waals surface area contributed by atoms with Gasteiger partial charge in [-0.05, 0) is 30.3 Å². The highest BCUT2D eigenvalue weighted by molar-refractivity contribution is 6.71. The quantitative estimate of drug-likeness (QED) is 0.566. The van der Waals surface area contributed by atoms with Crippen molar-refractivity contribution in [2.45, 2.75) is 61.1 Å². The second-order valence-electron chi connectivity index (χ2n) is 8.25. The average Bonchev–Trinajstić information content (AvgIpc) is 2.20. The van der Waals surface area contributed by atoms with Crippen LogP contribution in [0.15, 0.2) is 0 Å². The molecule has 0 saturated carbocycles. The summed E-state index contributed by atoms with van der Waals surface area (Å²) < 4.78 is 10.9. The Hall–Kier alpha value is -0.353. The van der Waals surface area contributed by atoms with Crippen LogP contribution in [0, 0.1) is 16.7 Å². The lowest BCUT2D eigenvalue weighted by molar-refractivity contribution is -0.152. The number of hydrogen-bond acceptors (Lipinski definition) is 3. The first-order valence-electron chi connectivity index (χ1n) is 7.00. The molecule has 1 unspecified atom stereocenters. The van der Waals surface area contributed by atoms with E-state index in [9.17, 15) is 4.79 Å². The zero-order valence-corrected chi connectivity index (χ0v) is 15.2. The fourth-order valence-electron chi connectivity index (χ4n) is 1.76. The van der Waals surface area contributed by atoms with Crippen molar-refractivity contribution in [2.24, 2.45) is 16.7 Å². The second-order valence-corrected chi connectivity index (χ2v) is 12.5. The van der Waals surface area contributed by atoms with E-state index in [0.29, 0.717) is 6.23 Å². The van der Waals surface area contributed by atoms with Crippen LogP contribution in [-0.2, 0) is 14.0 Å². The van der Waals surface area contributed by atoms with Gasteiger partial charge in [-0.25, -0.2) is 0 Å². The minimum absolute atomic E-state index is 0.0749. The zero-order chi connectivity index (χ0) is 15.5. The van der Waals surface area contributed by atoms with E-state index < -0.39 is 8.32 Å². The highest BCUT2D eigenvalue weighted by atomic mass is 28.4. The molecule has 19 heavy (non-hydrogen) atoms. The molecule has 1 atom stereocenters. The van der Waals surface area contributed by atoms with Crippen LogP contribution in [0.1, 0.15) is 48.0 Å². The molecule has 3 nitrogen and oxygen atoms in total. The maximum atomic E-state index is 12.4. The standard InChI is InChI=1S/C15H32O3Si/c1-14(2,3)10-12(15(4,5)6)13(16)18-11-19(8,9)17-7/h12H,10-11H2,1-9H3. The van der Waals surface area contributed by atoms with Gasteiger partial charge in [-0.15, -0.1) is 0 Å². The Morgan fingerprint density at radius 2 is 1.58 bits per heavy atom. The van der Waals surface area contributed by atoms with E-state index in [1.54, 1.807) is 7.11 Å². The van der Waals surface area contributed by atoms with E-state index >= 15 is 0 Å². The molecule has 0 radical (unpaired) electrons. The van der Waals surface area contributed by atoms with Gasteiger partial charge in [-0.3, -0.25) is 4.79 Å². The molecule has 0 saturated heterocycles. The molecule has 0 rings (SSSR count). The normalized spacial score (nSPS) is 15.2. The van der Waals surface area contributed by atoms with Gasteiger partial charge in [-0.1, -0.05) is 41.5 Å². The van der Waals surface area contributed by atoms with E-state index in [4.69, 9.17) is 9.16 Å². The van der Waals surface area contributed by atoms with Gasteiger partial charge in [0.2, 0.25) is 8.32 Å². The van der Waals surface area contributed by atoms with Gasteiger partial charge in [0.15, 0.2) is 0 Å². The summed E-state index contributed by atoms with van der Waals surface area (Å²) in [6, 6.07) is 0. The number of esters is 1. The highest BCUT2D eigenvalue weighted by Gasteiger charge is 2.36. The van der Waals surface area contributed by atoms with E-state index in [1.165, 1.54) is 0 Å². The van der Waals surface area contributed by atoms with Crippen molar-refractivity contribution in [2.75, 3.05) is 13.3 Å². The second kappa shape index (κ2) is 6.40. The molecule has 0 amide bonds. The Morgan fingerprint density at radius 1 is 1.11 bits per heavy atom. The van der Waals surface area contributed by atoms with Crippen LogP contribution in [0.4, 0.5) is 0 Å². The molecule has 0 aliphatic heterocycles. The number of rotatable bonds is 5. The topological polar surface area (TPSA) is 35.5 Å². The third-order valence-corrected chi connectivity index (χ3v) is 5.21. The van der Waals surface area contributed by atoms with Crippen molar-refractivity contribution in [3.63, 3.8) is 0 Å². The van der Waals surface area contributed by atoms with Crippen LogP contribution < -0.4 is 0 Å². The van der Waals surface area contributed by atoms with Crippen LogP contribution in [0.2, 0.25) is 13.1 Å². The van der Waals surface area contributed by atoms with Crippen molar-refractivity contribution >= 4 is 14.3 Å². The molecule has 0 aromatic rings. The lowest BCUT2D eigenvalue weighted by atomic mass is 9.72. The molecule has 0 heterocycles. The smallest absolute Gasteiger partial charge is 0.309 e. The van der Waals surface area contributed by atoms with Gasteiger partial charge < -0.3 is 9.16 Å². The first kappa shape index (κ1) is 18.6. The third-order valence-electron chi connectivity index (χ3n) is 3.26. The fourth-order valence-corrected chi connectivity index (χ4v) is 2.37. The number of carbonyl (C=O) groups excluding carboxylic acids is 1. The molecule has 0 aliphatic rings.